The first kappa shape index (κ1) is 20.4. The number of hydrogen-bond donors (Lipinski definition) is 3. The van der Waals surface area contributed by atoms with Gasteiger partial charge in [-0.1, -0.05) is 18.0 Å². The van der Waals surface area contributed by atoms with Crippen LogP contribution in [0.2, 0.25) is 0 Å². The number of β-lactam (4-membered cyclic amide) rings is 1. The van der Waals surface area contributed by atoms with E-state index in [1.54, 1.807) is 0 Å². The summed E-state index contributed by atoms with van der Waals surface area (Å²) in [7, 11) is 0. The lowest BCUT2D eigenvalue weighted by Crippen LogP contribution is -2.70. The van der Waals surface area contributed by atoms with E-state index in [2.05, 4.69) is 28.3 Å². The summed E-state index contributed by atoms with van der Waals surface area (Å²) in [5.41, 5.74) is 5.47. The molecule has 3 heterocycles. The van der Waals surface area contributed by atoms with Gasteiger partial charge in [0.05, 0.1) is 18.5 Å². The summed E-state index contributed by atoms with van der Waals surface area (Å²) in [5.74, 6) is -1.96. The summed E-state index contributed by atoms with van der Waals surface area (Å²) in [6, 6.07) is -1.50. The van der Waals surface area contributed by atoms with Crippen LogP contribution in [0.4, 0.5) is 9.93 Å². The number of nitrogens with one attached hydrogen (secondary N) is 1. The summed E-state index contributed by atoms with van der Waals surface area (Å²) in [5, 5.41) is 7.92. The number of thiazole rings is 1. The van der Waals surface area contributed by atoms with Crippen molar-refractivity contribution in [3.63, 3.8) is 0 Å². The molecule has 3 N–H and O–H groups in total. The number of carbonyl (C=O) groups excluding carboxylic acids is 4. The number of nitrogen functional groups attached to an aromatic ring is 1. The lowest BCUT2D eigenvalue weighted by Gasteiger charge is -2.44. The van der Waals surface area contributed by atoms with Gasteiger partial charge >= 0.3 is 12.1 Å². The Bertz CT molecular complexity index is 931. The predicted octanol–water partition coefficient (Wildman–Crippen LogP) is -0.625. The molecule has 4 rings (SSSR count). The van der Waals surface area contributed by atoms with Crippen molar-refractivity contribution in [1.29, 1.82) is 0 Å². The van der Waals surface area contributed by atoms with E-state index in [9.17, 15) is 19.2 Å². The molecule has 30 heavy (non-hydrogen) atoms. The van der Waals surface area contributed by atoms with E-state index in [1.807, 2.05) is 0 Å². The van der Waals surface area contributed by atoms with Crippen molar-refractivity contribution in [1.82, 2.24) is 19.5 Å². The molecule has 1 aromatic rings. The van der Waals surface area contributed by atoms with E-state index in [-0.39, 0.29) is 35.6 Å². The molecule has 0 bridgehead atoms. The molecule has 3 aliphatic rings. The van der Waals surface area contributed by atoms with Gasteiger partial charge in [0.2, 0.25) is 0 Å². The molecule has 2 saturated heterocycles. The Morgan fingerprint density at radius 3 is 2.80 bits per heavy atom. The van der Waals surface area contributed by atoms with Gasteiger partial charge in [-0.05, 0) is 12.8 Å². The topological polar surface area (TPSA) is 157 Å². The van der Waals surface area contributed by atoms with E-state index in [4.69, 9.17) is 15.3 Å². The van der Waals surface area contributed by atoms with Gasteiger partial charge in [-0.25, -0.2) is 14.6 Å². The van der Waals surface area contributed by atoms with E-state index < -0.39 is 36.0 Å². The van der Waals surface area contributed by atoms with Gasteiger partial charge in [0, 0.05) is 11.9 Å². The van der Waals surface area contributed by atoms with Gasteiger partial charge in [-0.2, -0.15) is 0 Å². The van der Waals surface area contributed by atoms with Crippen molar-refractivity contribution in [2.24, 2.45) is 11.1 Å². The summed E-state index contributed by atoms with van der Waals surface area (Å²) < 4.78 is 6.02. The Labute approximate surface area is 179 Å². The molecule has 0 unspecified atom stereocenters. The molecular formula is C16H18N6O6S2. The number of aromatic nitrogens is 1. The van der Waals surface area contributed by atoms with Crippen LogP contribution in [0, 0.1) is 5.92 Å². The third-order valence-corrected chi connectivity index (χ3v) is 6.01. The zero-order valence-corrected chi connectivity index (χ0v) is 17.2. The molecule has 1 aliphatic carbocycles. The molecule has 0 spiro atoms. The Hall–Kier alpha value is -2.87. The molecule has 160 valence electrons. The predicted molar refractivity (Wildman–Crippen MR) is 106 cm³/mol. The van der Waals surface area contributed by atoms with E-state index in [1.165, 1.54) is 10.3 Å². The maximum atomic E-state index is 12.8. The third kappa shape index (κ3) is 4.05. The van der Waals surface area contributed by atoms with Gasteiger partial charge < -0.3 is 25.5 Å². The van der Waals surface area contributed by atoms with Crippen LogP contribution in [0.1, 0.15) is 18.5 Å². The zero-order valence-electron chi connectivity index (χ0n) is 15.5. The van der Waals surface area contributed by atoms with Crippen LogP contribution in [0.25, 0.3) is 0 Å². The number of oxime groups is 1. The van der Waals surface area contributed by atoms with E-state index >= 15 is 0 Å². The van der Waals surface area contributed by atoms with Crippen LogP contribution < -0.4 is 11.1 Å². The summed E-state index contributed by atoms with van der Waals surface area (Å²) >= 11 is 5.19. The van der Waals surface area contributed by atoms with Gasteiger partial charge in [0.25, 0.3) is 11.8 Å². The summed E-state index contributed by atoms with van der Waals surface area (Å²) in [6.45, 7) is 0.789. The normalized spacial score (nSPS) is 23.8. The van der Waals surface area contributed by atoms with Gasteiger partial charge in [-0.15, -0.1) is 11.3 Å². The van der Waals surface area contributed by atoms with Gasteiger partial charge in [0.1, 0.15) is 18.3 Å². The molecule has 0 aromatic carbocycles. The Kier molecular flexibility index (Phi) is 5.51. The van der Waals surface area contributed by atoms with Crippen molar-refractivity contribution in [2.75, 3.05) is 25.4 Å². The minimum atomic E-state index is -0.941. The van der Waals surface area contributed by atoms with Crippen LogP contribution in [0.15, 0.2) is 10.5 Å². The Balaban J connectivity index is 1.47. The first-order chi connectivity index (χ1) is 14.3. The van der Waals surface area contributed by atoms with Crippen molar-refractivity contribution in [2.45, 2.75) is 24.9 Å². The second-order valence-corrected chi connectivity index (χ2v) is 8.28. The number of nitrogens with two attached hydrogens (primary N) is 1. The number of ether oxygens (including phenoxy) is 1. The standard InChI is InChI=1S/C16H18N6O6S2/c17-15-18-8(6-30-15)10(20-28-14(25)7-1-2-7)12(23)19-11-9(22(29)13(11)24)5-21-3-4-27-16(21)26/h6-7,9,11,29H,1-5H2,(H2,17,18)(H,19,23)/b20-10-/t9-,11+/m1/s1. The van der Waals surface area contributed by atoms with Crippen molar-refractivity contribution < 1.29 is 28.8 Å². The quantitative estimate of drug-likeness (QED) is 0.162. The zero-order chi connectivity index (χ0) is 21.4. The number of cyclic esters (lactones) is 1. The summed E-state index contributed by atoms with van der Waals surface area (Å²) in [6.07, 6.45) is 0.941. The lowest BCUT2D eigenvalue weighted by atomic mass is 9.97. The van der Waals surface area contributed by atoms with Crippen molar-refractivity contribution in [3.05, 3.63) is 11.1 Å². The number of thiol groups is 1. The molecule has 0 radical (unpaired) electrons. The van der Waals surface area contributed by atoms with Crippen molar-refractivity contribution >= 4 is 58.9 Å². The first-order valence-corrected chi connectivity index (χ1v) is 10.4. The Morgan fingerprint density at radius 2 is 2.20 bits per heavy atom. The largest absolute Gasteiger partial charge is 0.448 e. The lowest BCUT2D eigenvalue weighted by molar-refractivity contribution is -0.146. The number of rotatable bonds is 7. The Morgan fingerprint density at radius 1 is 1.43 bits per heavy atom. The third-order valence-electron chi connectivity index (χ3n) is 4.85. The highest BCUT2D eigenvalue weighted by Gasteiger charge is 2.49. The highest BCUT2D eigenvalue weighted by atomic mass is 32.1. The smallest absolute Gasteiger partial charge is 0.410 e. The number of nitrogens with zero attached hydrogens (tertiary/aromatic N) is 4. The molecule has 1 saturated carbocycles. The van der Waals surface area contributed by atoms with Crippen LogP contribution >= 0.6 is 24.2 Å². The maximum absolute atomic E-state index is 12.8. The molecule has 3 amide bonds. The average molecular weight is 454 g/mol. The van der Waals surface area contributed by atoms with Crippen LogP contribution in [0.5, 0.6) is 0 Å². The SMILES string of the molecule is Nc1nc(/C(=N/OC(=O)C2CC2)C(=O)N[C@@H]2C(=O)N(S)[C@@H]2CN2CCOC2=O)cs1. The molecule has 3 fully saturated rings. The minimum Gasteiger partial charge on any atom is -0.448 e. The molecule has 1 aromatic heterocycles. The molecule has 2 aliphatic heterocycles. The highest BCUT2D eigenvalue weighted by Crippen LogP contribution is 2.30. The molecule has 12 nitrogen and oxygen atoms in total. The van der Waals surface area contributed by atoms with E-state index in [0.29, 0.717) is 19.4 Å². The monoisotopic (exact) mass is 454 g/mol. The van der Waals surface area contributed by atoms with Crippen LogP contribution in [-0.2, 0) is 24.0 Å². The molecule has 2 atom stereocenters. The van der Waals surface area contributed by atoms with Crippen molar-refractivity contribution in [3.8, 4) is 0 Å². The highest BCUT2D eigenvalue weighted by molar-refractivity contribution is 7.78. The van der Waals surface area contributed by atoms with E-state index in [0.717, 1.165) is 15.6 Å². The number of amides is 3. The second kappa shape index (κ2) is 8.10. The fraction of sp³-hybridized carbons (Fsp3) is 0.500. The fourth-order valence-electron chi connectivity index (χ4n) is 2.98. The molecular weight excluding hydrogens is 436 g/mol. The number of hydrogen-bond acceptors (Lipinski definition) is 11. The first-order valence-electron chi connectivity index (χ1n) is 9.10. The van der Waals surface area contributed by atoms with Crippen LogP contribution in [-0.4, -0.2) is 75.6 Å². The summed E-state index contributed by atoms with van der Waals surface area (Å²) in [4.78, 5) is 58.9. The van der Waals surface area contributed by atoms with Gasteiger partial charge in [0.15, 0.2) is 10.8 Å². The second-order valence-electron chi connectivity index (χ2n) is 6.96. The maximum Gasteiger partial charge on any atom is 0.410 e. The fourth-order valence-corrected chi connectivity index (χ4v) is 3.86. The minimum absolute atomic E-state index is 0.118. The van der Waals surface area contributed by atoms with Crippen LogP contribution in [0.3, 0.4) is 0 Å². The molecule has 14 heteroatoms. The number of carbonyl (C=O) groups is 4. The average Bonchev–Trinajstić information content (AvgIpc) is 3.38. The van der Waals surface area contributed by atoms with Gasteiger partial charge in [-0.3, -0.25) is 13.9 Å². The number of anilines is 1.